The van der Waals surface area contributed by atoms with Crippen LogP contribution in [0.5, 0.6) is 11.5 Å². The highest BCUT2D eigenvalue weighted by molar-refractivity contribution is 5.94. The lowest BCUT2D eigenvalue weighted by atomic mass is 9.96. The lowest BCUT2D eigenvalue weighted by Crippen LogP contribution is -2.42. The summed E-state index contributed by atoms with van der Waals surface area (Å²) < 4.78 is 10.2. The molecule has 0 fully saturated rings. The fraction of sp³-hybridized carbons (Fsp3) is 0.316. The highest BCUT2D eigenvalue weighted by Crippen LogP contribution is 2.17. The summed E-state index contributed by atoms with van der Waals surface area (Å²) in [6.45, 7) is 1.85. The monoisotopic (exact) mass is 329 g/mol. The van der Waals surface area contributed by atoms with E-state index in [0.29, 0.717) is 17.7 Å². The number of ether oxygens (including phenoxy) is 2. The van der Waals surface area contributed by atoms with Gasteiger partial charge in [-0.3, -0.25) is 4.79 Å². The molecular formula is C19H23NO4. The smallest absolute Gasteiger partial charge is 0.251 e. The first-order valence-corrected chi connectivity index (χ1v) is 7.71. The Labute approximate surface area is 142 Å². The SMILES string of the molecule is COc1ccc(CC(C)(O)CNC(=O)c2cccc(OC)c2)cc1. The van der Waals surface area contributed by atoms with Crippen LogP contribution in [0.4, 0.5) is 0 Å². The number of amides is 1. The number of nitrogens with one attached hydrogen (secondary N) is 1. The van der Waals surface area contributed by atoms with Crippen LogP contribution >= 0.6 is 0 Å². The molecule has 1 atom stereocenters. The highest BCUT2D eigenvalue weighted by Gasteiger charge is 2.22. The summed E-state index contributed by atoms with van der Waals surface area (Å²) in [7, 11) is 3.16. The van der Waals surface area contributed by atoms with E-state index in [1.807, 2.05) is 24.3 Å². The van der Waals surface area contributed by atoms with E-state index in [2.05, 4.69) is 5.32 Å². The molecule has 0 radical (unpaired) electrons. The van der Waals surface area contributed by atoms with Crippen LogP contribution in [-0.4, -0.2) is 37.4 Å². The zero-order valence-corrected chi connectivity index (χ0v) is 14.2. The molecular weight excluding hydrogens is 306 g/mol. The summed E-state index contributed by atoms with van der Waals surface area (Å²) in [5, 5.41) is 13.3. The van der Waals surface area contributed by atoms with Crippen molar-refractivity contribution in [3.05, 3.63) is 59.7 Å². The van der Waals surface area contributed by atoms with Gasteiger partial charge in [0.25, 0.3) is 5.91 Å². The van der Waals surface area contributed by atoms with Gasteiger partial charge in [0.05, 0.1) is 19.8 Å². The summed E-state index contributed by atoms with van der Waals surface area (Å²) in [4.78, 5) is 12.2. The van der Waals surface area contributed by atoms with Crippen LogP contribution in [0, 0.1) is 0 Å². The van der Waals surface area contributed by atoms with E-state index in [1.54, 1.807) is 45.4 Å². The molecule has 2 aromatic carbocycles. The maximum atomic E-state index is 12.2. The van der Waals surface area contributed by atoms with Crippen molar-refractivity contribution in [2.45, 2.75) is 18.9 Å². The van der Waals surface area contributed by atoms with Gasteiger partial charge in [0.15, 0.2) is 0 Å². The Morgan fingerprint density at radius 3 is 2.38 bits per heavy atom. The number of methoxy groups -OCH3 is 2. The molecule has 0 aliphatic rings. The molecule has 5 heteroatoms. The second-order valence-electron chi connectivity index (χ2n) is 5.94. The van der Waals surface area contributed by atoms with Gasteiger partial charge in [-0.25, -0.2) is 0 Å². The Balaban J connectivity index is 1.94. The van der Waals surface area contributed by atoms with E-state index in [9.17, 15) is 9.90 Å². The van der Waals surface area contributed by atoms with Crippen molar-refractivity contribution in [1.82, 2.24) is 5.32 Å². The zero-order chi connectivity index (χ0) is 17.6. The molecule has 0 bridgehead atoms. The number of hydrogen-bond donors (Lipinski definition) is 2. The molecule has 0 saturated heterocycles. The van der Waals surface area contributed by atoms with Gasteiger partial charge in [0, 0.05) is 18.5 Å². The van der Waals surface area contributed by atoms with Crippen molar-refractivity contribution in [3.63, 3.8) is 0 Å². The molecule has 0 heterocycles. The maximum Gasteiger partial charge on any atom is 0.251 e. The second-order valence-corrected chi connectivity index (χ2v) is 5.94. The molecule has 1 amide bonds. The Kier molecular flexibility index (Phi) is 5.82. The first-order valence-electron chi connectivity index (χ1n) is 7.71. The Morgan fingerprint density at radius 1 is 1.08 bits per heavy atom. The van der Waals surface area contributed by atoms with E-state index >= 15 is 0 Å². The number of carbonyl (C=O) groups is 1. The van der Waals surface area contributed by atoms with Crippen molar-refractivity contribution < 1.29 is 19.4 Å². The third kappa shape index (κ3) is 4.99. The third-order valence-electron chi connectivity index (χ3n) is 3.71. The number of benzene rings is 2. The predicted molar refractivity (Wildman–Crippen MR) is 92.6 cm³/mol. The van der Waals surface area contributed by atoms with Gasteiger partial charge in [-0.1, -0.05) is 18.2 Å². The minimum atomic E-state index is -1.05. The topological polar surface area (TPSA) is 67.8 Å². The number of aliphatic hydroxyl groups is 1. The molecule has 2 rings (SSSR count). The normalized spacial score (nSPS) is 13.0. The molecule has 2 aromatic rings. The molecule has 0 spiro atoms. The molecule has 0 aliphatic heterocycles. The van der Waals surface area contributed by atoms with Gasteiger partial charge in [-0.15, -0.1) is 0 Å². The standard InChI is InChI=1S/C19H23NO4/c1-19(22,12-14-7-9-16(23-2)10-8-14)13-20-18(21)15-5-4-6-17(11-15)24-3/h4-11,22H,12-13H2,1-3H3,(H,20,21). The van der Waals surface area contributed by atoms with E-state index in [0.717, 1.165) is 11.3 Å². The van der Waals surface area contributed by atoms with Crippen LogP contribution in [0.15, 0.2) is 48.5 Å². The van der Waals surface area contributed by atoms with Gasteiger partial charge < -0.3 is 19.9 Å². The predicted octanol–water partition coefficient (Wildman–Crippen LogP) is 2.43. The van der Waals surface area contributed by atoms with Crippen LogP contribution in [0.1, 0.15) is 22.8 Å². The van der Waals surface area contributed by atoms with Crippen LogP contribution in [-0.2, 0) is 6.42 Å². The van der Waals surface area contributed by atoms with Gasteiger partial charge in [0.1, 0.15) is 11.5 Å². The highest BCUT2D eigenvalue weighted by atomic mass is 16.5. The summed E-state index contributed by atoms with van der Waals surface area (Å²) in [5.41, 5.74) is 0.411. The molecule has 2 N–H and O–H groups in total. The average Bonchev–Trinajstić information content (AvgIpc) is 2.60. The third-order valence-corrected chi connectivity index (χ3v) is 3.71. The molecule has 0 aliphatic carbocycles. The van der Waals surface area contributed by atoms with Crippen LogP contribution < -0.4 is 14.8 Å². The van der Waals surface area contributed by atoms with Crippen LogP contribution in [0.2, 0.25) is 0 Å². The van der Waals surface area contributed by atoms with Crippen molar-refractivity contribution in [2.75, 3.05) is 20.8 Å². The van der Waals surface area contributed by atoms with Crippen molar-refractivity contribution in [1.29, 1.82) is 0 Å². The largest absolute Gasteiger partial charge is 0.497 e. The molecule has 24 heavy (non-hydrogen) atoms. The average molecular weight is 329 g/mol. The summed E-state index contributed by atoms with van der Waals surface area (Å²) in [6, 6.07) is 14.4. The molecule has 0 saturated carbocycles. The summed E-state index contributed by atoms with van der Waals surface area (Å²) in [5.74, 6) is 1.14. The van der Waals surface area contributed by atoms with Crippen molar-refractivity contribution >= 4 is 5.91 Å². The second kappa shape index (κ2) is 7.84. The van der Waals surface area contributed by atoms with Gasteiger partial charge in [0.2, 0.25) is 0 Å². The fourth-order valence-electron chi connectivity index (χ4n) is 2.38. The number of carbonyl (C=O) groups excluding carboxylic acids is 1. The van der Waals surface area contributed by atoms with Crippen LogP contribution in [0.3, 0.4) is 0 Å². The van der Waals surface area contributed by atoms with Gasteiger partial charge in [-0.2, -0.15) is 0 Å². The van der Waals surface area contributed by atoms with Crippen molar-refractivity contribution in [3.8, 4) is 11.5 Å². The molecule has 0 aromatic heterocycles. The minimum absolute atomic E-state index is 0.148. The maximum absolute atomic E-state index is 12.2. The van der Waals surface area contributed by atoms with E-state index < -0.39 is 5.60 Å². The lowest BCUT2D eigenvalue weighted by Gasteiger charge is -2.24. The van der Waals surface area contributed by atoms with E-state index in [1.165, 1.54) is 0 Å². The minimum Gasteiger partial charge on any atom is -0.497 e. The van der Waals surface area contributed by atoms with Gasteiger partial charge >= 0.3 is 0 Å². The Morgan fingerprint density at radius 2 is 1.75 bits per heavy atom. The lowest BCUT2D eigenvalue weighted by molar-refractivity contribution is 0.0552. The zero-order valence-electron chi connectivity index (χ0n) is 14.2. The summed E-state index contributed by atoms with van der Waals surface area (Å²) in [6.07, 6.45) is 0.426. The van der Waals surface area contributed by atoms with Gasteiger partial charge in [-0.05, 0) is 42.8 Å². The molecule has 1 unspecified atom stereocenters. The van der Waals surface area contributed by atoms with Crippen LogP contribution in [0.25, 0.3) is 0 Å². The fourth-order valence-corrected chi connectivity index (χ4v) is 2.38. The molecule has 128 valence electrons. The Bertz CT molecular complexity index is 680. The van der Waals surface area contributed by atoms with Crippen molar-refractivity contribution in [2.24, 2.45) is 0 Å². The Hall–Kier alpha value is -2.53. The molecule has 5 nitrogen and oxygen atoms in total. The summed E-state index contributed by atoms with van der Waals surface area (Å²) >= 11 is 0. The first-order chi connectivity index (χ1) is 11.4. The number of rotatable bonds is 7. The number of hydrogen-bond acceptors (Lipinski definition) is 4. The van der Waals surface area contributed by atoms with E-state index in [4.69, 9.17) is 9.47 Å². The first kappa shape index (κ1) is 17.8. The van der Waals surface area contributed by atoms with E-state index in [-0.39, 0.29) is 12.5 Å². The quantitative estimate of drug-likeness (QED) is 0.819.